The Morgan fingerprint density at radius 1 is 1.02 bits per heavy atom. The first-order valence-corrected chi connectivity index (χ1v) is 15.8. The molecule has 1 aliphatic heterocycles. The lowest BCUT2D eigenvalue weighted by Gasteiger charge is -2.47. The minimum atomic E-state index is -1.14. The Kier molecular flexibility index (Phi) is 8.20. The fraction of sp³-hybridized carbons (Fsp3) is 0.405. The largest absolute Gasteiger partial charge is 0.497 e. The van der Waals surface area contributed by atoms with Crippen LogP contribution in [0.15, 0.2) is 72.8 Å². The molecule has 2 N–H and O–H groups in total. The molecule has 2 heterocycles. The molecule has 1 saturated heterocycles. The number of fused-ring (bicyclic) bond motifs is 1. The molecular formula is C37H43FN4O3. The Morgan fingerprint density at radius 2 is 1.69 bits per heavy atom. The smallest absolute Gasteiger partial charge is 0.250 e. The lowest BCUT2D eigenvalue weighted by Crippen LogP contribution is -2.63. The molecule has 1 aromatic heterocycles. The molecular weight excluding hydrogens is 567 g/mol. The molecule has 3 aromatic carbocycles. The van der Waals surface area contributed by atoms with Crippen LogP contribution in [0.4, 0.5) is 10.1 Å². The summed E-state index contributed by atoms with van der Waals surface area (Å²) in [5.41, 5.74) is 3.26. The number of benzene rings is 3. The summed E-state index contributed by atoms with van der Waals surface area (Å²) in [5.74, 6) is 0.210. The van der Waals surface area contributed by atoms with E-state index in [4.69, 9.17) is 4.74 Å². The van der Waals surface area contributed by atoms with Crippen molar-refractivity contribution in [2.24, 2.45) is 11.3 Å². The molecule has 0 radical (unpaired) electrons. The third-order valence-corrected chi connectivity index (χ3v) is 10.4. The van der Waals surface area contributed by atoms with Gasteiger partial charge in [-0.3, -0.25) is 9.59 Å². The molecule has 2 amide bonds. The zero-order valence-electron chi connectivity index (χ0n) is 26.8. The zero-order chi connectivity index (χ0) is 31.9. The van der Waals surface area contributed by atoms with E-state index >= 15 is 4.39 Å². The van der Waals surface area contributed by atoms with Gasteiger partial charge in [0.15, 0.2) is 0 Å². The first-order chi connectivity index (χ1) is 21.5. The molecule has 2 atom stereocenters. The van der Waals surface area contributed by atoms with E-state index in [2.05, 4.69) is 54.2 Å². The maximum Gasteiger partial charge on any atom is 0.250 e. The van der Waals surface area contributed by atoms with Crippen LogP contribution >= 0.6 is 0 Å². The fourth-order valence-corrected chi connectivity index (χ4v) is 7.50. The van der Waals surface area contributed by atoms with Crippen molar-refractivity contribution >= 4 is 28.4 Å². The average Bonchev–Trinajstić information content (AvgIpc) is 3.38. The van der Waals surface area contributed by atoms with Gasteiger partial charge in [-0.2, -0.15) is 0 Å². The second-order valence-electron chi connectivity index (χ2n) is 13.4. The van der Waals surface area contributed by atoms with E-state index in [1.54, 1.807) is 54.5 Å². The van der Waals surface area contributed by atoms with Crippen LogP contribution < -0.4 is 10.1 Å². The van der Waals surface area contributed by atoms with E-state index in [1.807, 2.05) is 13.1 Å². The number of ether oxygens (including phenoxy) is 1. The van der Waals surface area contributed by atoms with Gasteiger partial charge in [-0.1, -0.05) is 50.2 Å². The number of hydrogen-bond donors (Lipinski definition) is 2. The molecule has 2 fully saturated rings. The highest BCUT2D eigenvalue weighted by molar-refractivity contribution is 6.01. The van der Waals surface area contributed by atoms with Gasteiger partial charge in [0.05, 0.1) is 7.11 Å². The normalized spacial score (nSPS) is 20.5. The van der Waals surface area contributed by atoms with Crippen LogP contribution in [-0.4, -0.2) is 59.4 Å². The van der Waals surface area contributed by atoms with Gasteiger partial charge in [0.1, 0.15) is 17.1 Å². The summed E-state index contributed by atoms with van der Waals surface area (Å²) in [6.07, 6.45) is 1.17. The van der Waals surface area contributed by atoms with Gasteiger partial charge in [-0.05, 0) is 86.0 Å². The molecule has 7 nitrogen and oxygen atoms in total. The van der Waals surface area contributed by atoms with Crippen LogP contribution in [0.5, 0.6) is 5.75 Å². The van der Waals surface area contributed by atoms with Gasteiger partial charge >= 0.3 is 0 Å². The number of methoxy groups -OCH3 is 1. The maximum absolute atomic E-state index is 15.2. The van der Waals surface area contributed by atoms with Crippen LogP contribution in [0.25, 0.3) is 10.9 Å². The van der Waals surface area contributed by atoms with Crippen molar-refractivity contribution in [2.75, 3.05) is 32.6 Å². The summed E-state index contributed by atoms with van der Waals surface area (Å²) in [5, 5.41) is 4.29. The fourth-order valence-electron chi connectivity index (χ4n) is 7.50. The molecule has 1 aliphatic carbocycles. The maximum atomic E-state index is 15.2. The molecule has 0 spiro atoms. The number of anilines is 1. The van der Waals surface area contributed by atoms with Crippen LogP contribution in [0, 0.1) is 24.1 Å². The minimum absolute atomic E-state index is 0.0230. The number of hydrogen-bond acceptors (Lipinski definition) is 4. The van der Waals surface area contributed by atoms with Crippen LogP contribution in [0.3, 0.4) is 0 Å². The van der Waals surface area contributed by atoms with Crippen molar-refractivity contribution in [1.82, 2.24) is 14.8 Å². The molecule has 2 aliphatic rings. The summed E-state index contributed by atoms with van der Waals surface area (Å²) in [6, 6.07) is 22.0. The number of aromatic amines is 1. The monoisotopic (exact) mass is 610 g/mol. The van der Waals surface area contributed by atoms with Crippen molar-refractivity contribution in [1.29, 1.82) is 0 Å². The number of para-hydroxylation sites is 1. The summed E-state index contributed by atoms with van der Waals surface area (Å²) in [7, 11) is 3.62. The van der Waals surface area contributed by atoms with Crippen LogP contribution in [-0.2, 0) is 16.1 Å². The number of rotatable bonds is 9. The van der Waals surface area contributed by atoms with E-state index < -0.39 is 5.54 Å². The number of aromatic nitrogens is 1. The molecule has 0 unspecified atom stereocenters. The molecule has 4 aromatic rings. The van der Waals surface area contributed by atoms with Gasteiger partial charge in [0, 0.05) is 53.9 Å². The second kappa shape index (κ2) is 12.0. The van der Waals surface area contributed by atoms with Crippen LogP contribution in [0.2, 0.25) is 0 Å². The molecule has 6 rings (SSSR count). The summed E-state index contributed by atoms with van der Waals surface area (Å²) >= 11 is 0. The minimum Gasteiger partial charge on any atom is -0.497 e. The van der Waals surface area contributed by atoms with Crippen LogP contribution in [0.1, 0.15) is 55.8 Å². The summed E-state index contributed by atoms with van der Waals surface area (Å²) < 4.78 is 20.5. The third-order valence-electron chi connectivity index (χ3n) is 10.4. The van der Waals surface area contributed by atoms with E-state index in [0.717, 1.165) is 11.2 Å². The molecule has 1 saturated carbocycles. The topological polar surface area (TPSA) is 77.7 Å². The Balaban J connectivity index is 1.35. The van der Waals surface area contributed by atoms with Crippen molar-refractivity contribution < 1.29 is 18.7 Å². The van der Waals surface area contributed by atoms with Crippen molar-refractivity contribution in [3.05, 3.63) is 95.4 Å². The number of carbonyl (C=O) groups is 2. The Hall–Kier alpha value is -4.17. The first-order valence-electron chi connectivity index (χ1n) is 15.8. The van der Waals surface area contributed by atoms with Crippen molar-refractivity contribution in [3.63, 3.8) is 0 Å². The highest BCUT2D eigenvalue weighted by Gasteiger charge is 2.60. The SMILES string of the molecule is COc1ccc(NC(=O)C2(N(Cc3ccccc3F)C(=O)C[C@@H]3[C@@H](c4c(C)[nH]c5ccccc45)C3(C)C)CCN(C)CC2)cc1. The number of carbonyl (C=O) groups excluding carboxylic acids is 2. The van der Waals surface area contributed by atoms with E-state index in [0.29, 0.717) is 42.9 Å². The molecule has 236 valence electrons. The highest BCUT2D eigenvalue weighted by Crippen LogP contribution is 2.67. The zero-order valence-corrected chi connectivity index (χ0v) is 26.8. The summed E-state index contributed by atoms with van der Waals surface area (Å²) in [4.78, 5) is 36.5. The number of nitrogens with one attached hydrogen (secondary N) is 2. The molecule has 0 bridgehead atoms. The highest BCUT2D eigenvalue weighted by atomic mass is 19.1. The van der Waals surface area contributed by atoms with E-state index in [1.165, 1.54) is 17.0 Å². The molecule has 8 heteroatoms. The number of piperidine rings is 1. The standard InChI is InChI=1S/C37H43FN4O3/c1-24-33(28-11-7-9-13-31(28)39-24)34-29(36(34,2)3)22-32(43)42(23-25-10-6-8-12-30(25)38)37(18-20-41(4)21-19-37)35(44)40-26-14-16-27(45-5)17-15-26/h6-17,29,34,39H,18-23H2,1-5H3,(H,40,44)/t29-,34+/m1/s1. The Bertz CT molecular complexity index is 1700. The Labute approximate surface area is 264 Å². The predicted octanol–water partition coefficient (Wildman–Crippen LogP) is 6.89. The second-order valence-corrected chi connectivity index (χ2v) is 13.4. The summed E-state index contributed by atoms with van der Waals surface area (Å²) in [6.45, 7) is 7.85. The lowest BCUT2D eigenvalue weighted by molar-refractivity contribution is -0.150. The quantitative estimate of drug-likeness (QED) is 0.217. The van der Waals surface area contributed by atoms with Gasteiger partial charge < -0.3 is 24.8 Å². The number of aryl methyl sites for hydroxylation is 1. The van der Waals surface area contributed by atoms with E-state index in [-0.39, 0.29) is 47.8 Å². The predicted molar refractivity (Wildman–Crippen MR) is 176 cm³/mol. The Morgan fingerprint density at radius 3 is 2.38 bits per heavy atom. The van der Waals surface area contributed by atoms with Crippen molar-refractivity contribution in [2.45, 2.75) is 58.0 Å². The average molecular weight is 611 g/mol. The lowest BCUT2D eigenvalue weighted by atomic mass is 9.83. The van der Waals surface area contributed by atoms with Gasteiger partial charge in [-0.25, -0.2) is 4.39 Å². The number of amides is 2. The third kappa shape index (κ3) is 5.72. The van der Waals surface area contributed by atoms with Gasteiger partial charge in [-0.15, -0.1) is 0 Å². The van der Waals surface area contributed by atoms with Gasteiger partial charge in [0.2, 0.25) is 11.8 Å². The van der Waals surface area contributed by atoms with Gasteiger partial charge in [0.25, 0.3) is 0 Å². The number of halogens is 1. The number of H-pyrrole nitrogens is 1. The van der Waals surface area contributed by atoms with E-state index in [9.17, 15) is 9.59 Å². The van der Waals surface area contributed by atoms with Crippen molar-refractivity contribution in [3.8, 4) is 5.75 Å². The number of likely N-dealkylation sites (tertiary alicyclic amines) is 1. The first kappa shape index (κ1) is 30.8. The molecule has 45 heavy (non-hydrogen) atoms. The number of nitrogens with zero attached hydrogens (tertiary/aromatic N) is 2.